The van der Waals surface area contributed by atoms with E-state index in [1.807, 2.05) is 0 Å². The second kappa shape index (κ2) is 5.47. The van der Waals surface area contributed by atoms with Gasteiger partial charge in [0.05, 0.1) is 19.2 Å². The van der Waals surface area contributed by atoms with Crippen molar-refractivity contribution in [2.24, 2.45) is 5.73 Å². The molecule has 15 heavy (non-hydrogen) atoms. The van der Waals surface area contributed by atoms with Crippen LogP contribution in [0.5, 0.6) is 0 Å². The molecule has 1 unspecified atom stereocenters. The average molecular weight is 212 g/mol. The van der Waals surface area contributed by atoms with Gasteiger partial charge < -0.3 is 15.8 Å². The number of hydrogen-bond acceptors (Lipinski definition) is 4. The number of rotatable bonds is 5. The van der Waals surface area contributed by atoms with Gasteiger partial charge in [0, 0.05) is 19.4 Å². The highest BCUT2D eigenvalue weighted by Crippen LogP contribution is 2.02. The zero-order valence-corrected chi connectivity index (χ0v) is 8.93. The van der Waals surface area contributed by atoms with Gasteiger partial charge in [0.25, 0.3) is 0 Å². The Hall–Kier alpha value is -1.40. The standard InChI is InChI=1S/C9H16N4O2/c1-7(10)9(14)11-8-3-4-13(12-8)5-6-15-2/h3-4,7H,5-6,10H2,1-2H3,(H,11,12,14). The third-order valence-electron chi connectivity index (χ3n) is 1.83. The van der Waals surface area contributed by atoms with Crippen molar-refractivity contribution in [3.63, 3.8) is 0 Å². The van der Waals surface area contributed by atoms with Gasteiger partial charge in [-0.2, -0.15) is 5.10 Å². The van der Waals surface area contributed by atoms with Crippen molar-refractivity contribution in [3.05, 3.63) is 12.3 Å². The van der Waals surface area contributed by atoms with Crippen molar-refractivity contribution in [1.82, 2.24) is 9.78 Å². The Morgan fingerprint density at radius 2 is 2.53 bits per heavy atom. The Morgan fingerprint density at radius 1 is 1.80 bits per heavy atom. The van der Waals surface area contributed by atoms with E-state index in [4.69, 9.17) is 10.5 Å². The molecule has 0 aliphatic heterocycles. The first kappa shape index (κ1) is 11.7. The number of aromatic nitrogens is 2. The zero-order valence-electron chi connectivity index (χ0n) is 8.93. The molecule has 0 bridgehead atoms. The maximum absolute atomic E-state index is 11.2. The van der Waals surface area contributed by atoms with Crippen LogP contribution in [0.3, 0.4) is 0 Å². The Balaban J connectivity index is 2.49. The van der Waals surface area contributed by atoms with Gasteiger partial charge in [-0.25, -0.2) is 0 Å². The lowest BCUT2D eigenvalue weighted by atomic mass is 10.3. The molecule has 3 N–H and O–H groups in total. The Kier molecular flexibility index (Phi) is 4.26. The molecule has 0 aliphatic rings. The summed E-state index contributed by atoms with van der Waals surface area (Å²) in [6, 6.07) is 1.18. The molecule has 1 rings (SSSR count). The Labute approximate surface area is 88.4 Å². The van der Waals surface area contributed by atoms with Crippen molar-refractivity contribution in [1.29, 1.82) is 0 Å². The van der Waals surface area contributed by atoms with Crippen LogP contribution in [0.15, 0.2) is 12.3 Å². The highest BCUT2D eigenvalue weighted by Gasteiger charge is 2.08. The summed E-state index contributed by atoms with van der Waals surface area (Å²) in [5.74, 6) is 0.264. The fourth-order valence-electron chi connectivity index (χ4n) is 0.978. The molecular weight excluding hydrogens is 196 g/mol. The molecule has 1 atom stereocenters. The number of amides is 1. The van der Waals surface area contributed by atoms with Crippen LogP contribution in [0.4, 0.5) is 5.82 Å². The molecule has 0 aliphatic carbocycles. The number of nitrogens with one attached hydrogen (secondary N) is 1. The fraction of sp³-hybridized carbons (Fsp3) is 0.556. The summed E-state index contributed by atoms with van der Waals surface area (Å²) in [7, 11) is 1.63. The normalized spacial score (nSPS) is 12.5. The maximum Gasteiger partial charge on any atom is 0.242 e. The molecule has 0 spiro atoms. The summed E-state index contributed by atoms with van der Waals surface area (Å²) in [4.78, 5) is 11.2. The summed E-state index contributed by atoms with van der Waals surface area (Å²) >= 11 is 0. The highest BCUT2D eigenvalue weighted by molar-refractivity contribution is 5.93. The number of ether oxygens (including phenoxy) is 1. The minimum Gasteiger partial charge on any atom is -0.383 e. The number of methoxy groups -OCH3 is 1. The number of carbonyl (C=O) groups is 1. The van der Waals surface area contributed by atoms with Crippen LogP contribution in [-0.2, 0) is 16.1 Å². The minimum atomic E-state index is -0.533. The average Bonchev–Trinajstić information content (AvgIpc) is 2.62. The third kappa shape index (κ3) is 3.69. The molecule has 0 saturated carbocycles. The minimum absolute atomic E-state index is 0.244. The molecular formula is C9H16N4O2. The summed E-state index contributed by atoms with van der Waals surface area (Å²) < 4.78 is 6.60. The number of hydrogen-bond donors (Lipinski definition) is 2. The van der Waals surface area contributed by atoms with Gasteiger partial charge in [-0.3, -0.25) is 9.48 Å². The molecule has 84 valence electrons. The first-order valence-electron chi connectivity index (χ1n) is 4.72. The van der Waals surface area contributed by atoms with Gasteiger partial charge in [-0.15, -0.1) is 0 Å². The van der Waals surface area contributed by atoms with E-state index < -0.39 is 6.04 Å². The van der Waals surface area contributed by atoms with E-state index >= 15 is 0 Å². The van der Waals surface area contributed by atoms with Crippen LogP contribution in [0.25, 0.3) is 0 Å². The fourth-order valence-corrected chi connectivity index (χ4v) is 0.978. The van der Waals surface area contributed by atoms with E-state index in [2.05, 4.69) is 10.4 Å². The second-order valence-electron chi connectivity index (χ2n) is 3.23. The summed E-state index contributed by atoms with van der Waals surface area (Å²) in [5.41, 5.74) is 5.40. The lowest BCUT2D eigenvalue weighted by molar-refractivity contribution is -0.117. The molecule has 1 amide bonds. The predicted molar refractivity (Wildman–Crippen MR) is 56.4 cm³/mol. The number of carbonyl (C=O) groups excluding carboxylic acids is 1. The molecule has 1 heterocycles. The quantitative estimate of drug-likeness (QED) is 0.709. The first-order valence-corrected chi connectivity index (χ1v) is 4.72. The van der Waals surface area contributed by atoms with E-state index in [9.17, 15) is 4.79 Å². The van der Waals surface area contributed by atoms with Crippen LogP contribution in [0.2, 0.25) is 0 Å². The van der Waals surface area contributed by atoms with Gasteiger partial charge in [0.2, 0.25) is 5.91 Å². The van der Waals surface area contributed by atoms with E-state index in [0.717, 1.165) is 0 Å². The third-order valence-corrected chi connectivity index (χ3v) is 1.83. The molecule has 1 aromatic rings. The zero-order chi connectivity index (χ0) is 11.3. The van der Waals surface area contributed by atoms with Gasteiger partial charge >= 0.3 is 0 Å². The predicted octanol–water partition coefficient (Wildman–Crippen LogP) is -0.185. The lowest BCUT2D eigenvalue weighted by Crippen LogP contribution is -2.32. The molecule has 0 fully saturated rings. The summed E-state index contributed by atoms with van der Waals surface area (Å²) in [6.45, 7) is 2.87. The summed E-state index contributed by atoms with van der Waals surface area (Å²) in [6.07, 6.45) is 1.77. The van der Waals surface area contributed by atoms with E-state index in [0.29, 0.717) is 19.0 Å². The molecule has 0 radical (unpaired) electrons. The number of anilines is 1. The van der Waals surface area contributed by atoms with Gasteiger partial charge in [-0.1, -0.05) is 0 Å². The smallest absolute Gasteiger partial charge is 0.242 e. The van der Waals surface area contributed by atoms with E-state index in [-0.39, 0.29) is 5.91 Å². The van der Waals surface area contributed by atoms with Crippen molar-refractivity contribution in [3.8, 4) is 0 Å². The Bertz CT molecular complexity index is 322. The van der Waals surface area contributed by atoms with E-state index in [1.165, 1.54) is 0 Å². The van der Waals surface area contributed by atoms with Gasteiger partial charge in [-0.05, 0) is 6.92 Å². The molecule has 6 nitrogen and oxygen atoms in total. The maximum atomic E-state index is 11.2. The van der Waals surface area contributed by atoms with Crippen molar-refractivity contribution >= 4 is 11.7 Å². The van der Waals surface area contributed by atoms with Crippen LogP contribution in [0, 0.1) is 0 Å². The molecule has 0 aromatic carbocycles. The molecule has 6 heteroatoms. The monoisotopic (exact) mass is 212 g/mol. The van der Waals surface area contributed by atoms with Crippen LogP contribution >= 0.6 is 0 Å². The van der Waals surface area contributed by atoms with Crippen LogP contribution in [0.1, 0.15) is 6.92 Å². The van der Waals surface area contributed by atoms with Crippen molar-refractivity contribution < 1.29 is 9.53 Å². The first-order chi connectivity index (χ1) is 7.13. The van der Waals surface area contributed by atoms with Gasteiger partial charge in [0.1, 0.15) is 0 Å². The lowest BCUT2D eigenvalue weighted by Gasteiger charge is -2.04. The molecule has 1 aromatic heterocycles. The second-order valence-corrected chi connectivity index (χ2v) is 3.23. The molecule has 0 saturated heterocycles. The SMILES string of the molecule is COCCn1ccc(NC(=O)C(C)N)n1. The topological polar surface area (TPSA) is 82.2 Å². The largest absolute Gasteiger partial charge is 0.383 e. The van der Waals surface area contributed by atoms with Crippen molar-refractivity contribution in [2.75, 3.05) is 19.0 Å². The van der Waals surface area contributed by atoms with Crippen LogP contribution in [-0.4, -0.2) is 35.4 Å². The summed E-state index contributed by atoms with van der Waals surface area (Å²) in [5, 5.41) is 6.72. The number of nitrogens with zero attached hydrogens (tertiary/aromatic N) is 2. The van der Waals surface area contributed by atoms with Gasteiger partial charge in [0.15, 0.2) is 5.82 Å². The van der Waals surface area contributed by atoms with E-state index in [1.54, 1.807) is 31.0 Å². The Morgan fingerprint density at radius 3 is 3.13 bits per heavy atom. The number of nitrogens with two attached hydrogens (primary N) is 1. The highest BCUT2D eigenvalue weighted by atomic mass is 16.5. The van der Waals surface area contributed by atoms with Crippen molar-refractivity contribution in [2.45, 2.75) is 19.5 Å². The van der Waals surface area contributed by atoms with Crippen LogP contribution < -0.4 is 11.1 Å².